The van der Waals surface area contributed by atoms with Gasteiger partial charge in [-0.25, -0.2) is 4.79 Å². The molecule has 0 saturated heterocycles. The maximum atomic E-state index is 12.8. The van der Waals surface area contributed by atoms with Crippen LogP contribution in [-0.2, 0) is 4.74 Å². The van der Waals surface area contributed by atoms with Gasteiger partial charge in [0.05, 0.1) is 22.6 Å². The second-order valence-corrected chi connectivity index (χ2v) is 6.67. The average molecular weight is 389 g/mol. The predicted molar refractivity (Wildman–Crippen MR) is 104 cm³/mol. The molecule has 0 spiro atoms. The molecule has 27 heavy (non-hydrogen) atoms. The summed E-state index contributed by atoms with van der Waals surface area (Å²) in [4.78, 5) is 43.7. The number of pyridine rings is 1. The molecular weight excluding hydrogens is 366 g/mol. The largest absolute Gasteiger partial charge is 0.462 e. The highest BCUT2D eigenvalue weighted by molar-refractivity contribution is 7.18. The van der Waals surface area contributed by atoms with E-state index in [4.69, 9.17) is 4.74 Å². The van der Waals surface area contributed by atoms with Crippen molar-refractivity contribution in [3.05, 3.63) is 46.1 Å². The quantitative estimate of drug-likeness (QED) is 0.734. The number of amides is 2. The Hall–Kier alpha value is -2.74. The minimum atomic E-state index is -0.564. The summed E-state index contributed by atoms with van der Waals surface area (Å²) in [5, 5.41) is 3.03. The Morgan fingerprint density at radius 3 is 2.48 bits per heavy atom. The summed E-state index contributed by atoms with van der Waals surface area (Å²) < 4.78 is 5.12. The van der Waals surface area contributed by atoms with Crippen LogP contribution in [0.3, 0.4) is 0 Å². The molecule has 0 aliphatic carbocycles. The van der Waals surface area contributed by atoms with E-state index in [1.54, 1.807) is 37.1 Å². The number of esters is 1. The number of ether oxygens (including phenoxy) is 1. The number of carbonyl (C=O) groups is 3. The maximum absolute atomic E-state index is 12.8. The van der Waals surface area contributed by atoms with Crippen molar-refractivity contribution in [2.45, 2.75) is 27.7 Å². The fraction of sp³-hybridized carbons (Fsp3) is 0.368. The SMILES string of the molecule is CCOC(=O)c1c(NC(=O)c2cccnc2)sc(C(=O)N(CC)CC)c1C. The molecule has 0 atom stereocenters. The van der Waals surface area contributed by atoms with Gasteiger partial charge in [0.15, 0.2) is 0 Å². The summed E-state index contributed by atoms with van der Waals surface area (Å²) in [6.45, 7) is 8.49. The van der Waals surface area contributed by atoms with Gasteiger partial charge in [0.25, 0.3) is 11.8 Å². The van der Waals surface area contributed by atoms with E-state index in [-0.39, 0.29) is 18.1 Å². The summed E-state index contributed by atoms with van der Waals surface area (Å²) in [5.74, 6) is -1.14. The summed E-state index contributed by atoms with van der Waals surface area (Å²) in [7, 11) is 0. The van der Waals surface area contributed by atoms with E-state index in [0.29, 0.717) is 34.1 Å². The standard InChI is InChI=1S/C19H23N3O4S/c1-5-22(6-2)18(24)15-12(4)14(19(25)26-7-3)17(27-15)21-16(23)13-9-8-10-20-11-13/h8-11H,5-7H2,1-4H3,(H,21,23). The molecule has 2 heterocycles. The highest BCUT2D eigenvalue weighted by Crippen LogP contribution is 2.35. The van der Waals surface area contributed by atoms with E-state index in [9.17, 15) is 14.4 Å². The van der Waals surface area contributed by atoms with Crippen molar-refractivity contribution in [3.8, 4) is 0 Å². The van der Waals surface area contributed by atoms with Crippen LogP contribution in [-0.4, -0.2) is 47.4 Å². The van der Waals surface area contributed by atoms with Crippen molar-refractivity contribution in [3.63, 3.8) is 0 Å². The van der Waals surface area contributed by atoms with Crippen LogP contribution in [0.1, 0.15) is 56.7 Å². The first-order valence-corrected chi connectivity index (χ1v) is 9.57. The molecular formula is C19H23N3O4S. The van der Waals surface area contributed by atoms with Gasteiger partial charge in [0, 0.05) is 25.5 Å². The number of hydrogen-bond donors (Lipinski definition) is 1. The van der Waals surface area contributed by atoms with Crippen LogP contribution in [0.25, 0.3) is 0 Å². The number of rotatable bonds is 7. The van der Waals surface area contributed by atoms with Crippen molar-refractivity contribution in [2.75, 3.05) is 25.0 Å². The number of carbonyl (C=O) groups excluding carboxylic acids is 3. The summed E-state index contributed by atoms with van der Waals surface area (Å²) >= 11 is 1.09. The molecule has 0 radical (unpaired) electrons. The Balaban J connectivity index is 2.45. The lowest BCUT2D eigenvalue weighted by Gasteiger charge is -2.18. The summed E-state index contributed by atoms with van der Waals surface area (Å²) in [6, 6.07) is 3.27. The van der Waals surface area contributed by atoms with Gasteiger partial charge in [0.1, 0.15) is 5.00 Å². The minimum absolute atomic E-state index is 0.171. The Kier molecular flexibility index (Phi) is 7.06. The van der Waals surface area contributed by atoms with Crippen molar-refractivity contribution < 1.29 is 19.1 Å². The van der Waals surface area contributed by atoms with Crippen LogP contribution >= 0.6 is 11.3 Å². The number of thiophene rings is 1. The molecule has 144 valence electrons. The summed E-state index contributed by atoms with van der Waals surface area (Å²) in [6.07, 6.45) is 3.00. The Bertz CT molecular complexity index is 829. The van der Waals surface area contributed by atoms with Crippen LogP contribution in [0.5, 0.6) is 0 Å². The number of aromatic nitrogens is 1. The third kappa shape index (κ3) is 4.51. The van der Waals surface area contributed by atoms with Gasteiger partial charge in [-0.2, -0.15) is 0 Å². The predicted octanol–water partition coefficient (Wildman–Crippen LogP) is 3.36. The topological polar surface area (TPSA) is 88.6 Å². The molecule has 2 aromatic rings. The van der Waals surface area contributed by atoms with Crippen molar-refractivity contribution in [1.29, 1.82) is 0 Å². The van der Waals surface area contributed by atoms with Gasteiger partial charge in [0.2, 0.25) is 0 Å². The number of nitrogens with one attached hydrogen (secondary N) is 1. The van der Waals surface area contributed by atoms with Gasteiger partial charge in [-0.3, -0.25) is 14.6 Å². The molecule has 8 heteroatoms. The molecule has 1 N–H and O–H groups in total. The van der Waals surface area contributed by atoms with E-state index >= 15 is 0 Å². The number of nitrogens with zero attached hydrogens (tertiary/aromatic N) is 2. The van der Waals surface area contributed by atoms with Gasteiger partial charge in [-0.15, -0.1) is 11.3 Å². The first kappa shape index (κ1) is 20.6. The molecule has 2 rings (SSSR count). The zero-order chi connectivity index (χ0) is 20.0. The minimum Gasteiger partial charge on any atom is -0.462 e. The lowest BCUT2D eigenvalue weighted by Crippen LogP contribution is -2.30. The monoisotopic (exact) mass is 389 g/mol. The third-order valence-electron chi connectivity index (χ3n) is 4.02. The van der Waals surface area contributed by atoms with E-state index in [2.05, 4.69) is 10.3 Å². The zero-order valence-electron chi connectivity index (χ0n) is 15.9. The molecule has 7 nitrogen and oxygen atoms in total. The molecule has 0 aliphatic rings. The Labute approximate surface area is 162 Å². The van der Waals surface area contributed by atoms with Crippen LogP contribution in [0, 0.1) is 6.92 Å². The van der Waals surface area contributed by atoms with Gasteiger partial charge in [-0.05, 0) is 45.4 Å². The number of anilines is 1. The molecule has 0 saturated carbocycles. The van der Waals surface area contributed by atoms with Crippen LogP contribution in [0.2, 0.25) is 0 Å². The molecule has 0 aliphatic heterocycles. The molecule has 2 amide bonds. The lowest BCUT2D eigenvalue weighted by molar-refractivity contribution is 0.0527. The third-order valence-corrected chi connectivity index (χ3v) is 5.22. The van der Waals surface area contributed by atoms with Crippen LogP contribution in [0.15, 0.2) is 24.5 Å². The molecule has 0 aromatic carbocycles. The highest BCUT2D eigenvalue weighted by Gasteiger charge is 2.28. The maximum Gasteiger partial charge on any atom is 0.341 e. The molecule has 0 bridgehead atoms. The van der Waals surface area contributed by atoms with Gasteiger partial charge < -0.3 is 15.0 Å². The second kappa shape index (κ2) is 9.27. The summed E-state index contributed by atoms with van der Waals surface area (Å²) in [5.41, 5.74) is 1.08. The number of hydrogen-bond acceptors (Lipinski definition) is 6. The fourth-order valence-electron chi connectivity index (χ4n) is 2.58. The van der Waals surface area contributed by atoms with E-state index in [1.165, 1.54) is 6.20 Å². The van der Waals surface area contributed by atoms with Crippen molar-refractivity contribution in [2.24, 2.45) is 0 Å². The van der Waals surface area contributed by atoms with E-state index in [1.807, 2.05) is 13.8 Å². The van der Waals surface area contributed by atoms with E-state index < -0.39 is 11.9 Å². The Morgan fingerprint density at radius 2 is 1.93 bits per heavy atom. The smallest absolute Gasteiger partial charge is 0.341 e. The molecule has 0 fully saturated rings. The molecule has 0 unspecified atom stereocenters. The normalized spacial score (nSPS) is 10.4. The van der Waals surface area contributed by atoms with Gasteiger partial charge >= 0.3 is 5.97 Å². The zero-order valence-corrected chi connectivity index (χ0v) is 16.7. The fourth-order valence-corrected chi connectivity index (χ4v) is 3.74. The van der Waals surface area contributed by atoms with Crippen molar-refractivity contribution >= 4 is 34.1 Å². The van der Waals surface area contributed by atoms with Gasteiger partial charge in [-0.1, -0.05) is 0 Å². The second-order valence-electron chi connectivity index (χ2n) is 5.65. The first-order chi connectivity index (χ1) is 12.9. The first-order valence-electron chi connectivity index (χ1n) is 8.75. The lowest BCUT2D eigenvalue weighted by atomic mass is 10.1. The average Bonchev–Trinajstić information content (AvgIpc) is 2.99. The highest BCUT2D eigenvalue weighted by atomic mass is 32.1. The Morgan fingerprint density at radius 1 is 1.22 bits per heavy atom. The van der Waals surface area contributed by atoms with Crippen LogP contribution in [0.4, 0.5) is 5.00 Å². The van der Waals surface area contributed by atoms with Crippen molar-refractivity contribution in [1.82, 2.24) is 9.88 Å². The van der Waals surface area contributed by atoms with Crippen LogP contribution < -0.4 is 5.32 Å². The molecule has 2 aromatic heterocycles. The van der Waals surface area contributed by atoms with E-state index in [0.717, 1.165) is 11.3 Å².